The molecule has 0 unspecified atom stereocenters. The van der Waals surface area contributed by atoms with Crippen molar-refractivity contribution in [2.75, 3.05) is 22.4 Å². The minimum Gasteiger partial charge on any atom is -0.497 e. The second-order valence-corrected chi connectivity index (χ2v) is 23.8. The van der Waals surface area contributed by atoms with E-state index < -0.39 is 25.6 Å². The molecule has 67 heavy (non-hydrogen) atoms. The Morgan fingerprint density at radius 2 is 1.00 bits per heavy atom. The Kier molecular flexibility index (Phi) is 20.8. The van der Waals surface area contributed by atoms with E-state index in [0.29, 0.717) is 22.6 Å². The van der Waals surface area contributed by atoms with Gasteiger partial charge in [0.1, 0.15) is 55.8 Å². The van der Waals surface area contributed by atoms with Crippen molar-refractivity contribution >= 4 is 70.8 Å². The predicted octanol–water partition coefficient (Wildman–Crippen LogP) is 12.5. The van der Waals surface area contributed by atoms with Crippen LogP contribution in [0.25, 0.3) is 22.3 Å². The summed E-state index contributed by atoms with van der Waals surface area (Å²) in [6.07, 6.45) is 0.128. The largest absolute Gasteiger partial charge is 0.497 e. The number of benzene rings is 6. The Morgan fingerprint density at radius 1 is 0.612 bits per heavy atom. The lowest BCUT2D eigenvalue weighted by molar-refractivity contribution is -0.118. The van der Waals surface area contributed by atoms with Gasteiger partial charge in [0, 0.05) is 6.42 Å². The van der Waals surface area contributed by atoms with Crippen molar-refractivity contribution in [2.45, 2.75) is 58.3 Å². The van der Waals surface area contributed by atoms with Gasteiger partial charge in [0.2, 0.25) is 10.0 Å². The monoisotopic (exact) mass is 1170 g/mol. The molecule has 0 heterocycles. The lowest BCUT2D eigenvalue weighted by atomic mass is 9.90. The summed E-state index contributed by atoms with van der Waals surface area (Å²) in [5.74, 6) is 1.49. The molecule has 6 rings (SSSR count). The van der Waals surface area contributed by atoms with Gasteiger partial charge in [-0.2, -0.15) is 10.5 Å². The number of sulfone groups is 1. The third-order valence-corrected chi connectivity index (χ3v) is 12.1. The molecule has 2 N–H and O–H groups in total. The highest BCUT2D eigenvalue weighted by atomic mass is 127. The molecule has 16 heteroatoms. The van der Waals surface area contributed by atoms with Gasteiger partial charge >= 0.3 is 0 Å². The highest BCUT2D eigenvalue weighted by Gasteiger charge is 2.28. The van der Waals surface area contributed by atoms with Crippen molar-refractivity contribution in [3.05, 3.63) is 144 Å². The molecule has 0 aliphatic rings. The van der Waals surface area contributed by atoms with Crippen LogP contribution in [0.2, 0.25) is 0 Å². The molecule has 0 spiro atoms. The molecular formula is C51H53I2N3O9S2. The molecule has 0 bridgehead atoms. The molecular weight excluding hydrogens is 1120 g/mol. The molecule has 0 saturated carbocycles. The van der Waals surface area contributed by atoms with Crippen LogP contribution in [0.1, 0.15) is 56.9 Å². The van der Waals surface area contributed by atoms with Gasteiger partial charge < -0.3 is 18.9 Å². The standard InChI is InChI=1S/C28H29NO5S.C21H18N2O4S.CH2I2.CH4/c1-19-13-26(27(15-22(19)17-29)35(31,32)18-23(30)16-28(2,3)4)34-25-8-6-7-21(14-25)20-9-11-24(33-5)12-10-20;1-14-10-20(21(28(23,24)25)12-17(14)13-22)27-19-5-3-4-16(11-19)15-6-8-18(26-2)9-7-15;2-1-3;/h6-15H,16,18H2,1-5H3;3-12H,1-2H3,(H2,23,24,25);1H2;1H4. The molecule has 0 aromatic heterocycles. The van der Waals surface area contributed by atoms with Gasteiger partial charge in [-0.05, 0) is 125 Å². The molecule has 6 aromatic rings. The fourth-order valence-electron chi connectivity index (χ4n) is 6.42. The molecule has 0 radical (unpaired) electrons. The van der Waals surface area contributed by atoms with Crippen molar-refractivity contribution in [1.82, 2.24) is 0 Å². The van der Waals surface area contributed by atoms with Crippen LogP contribution in [-0.4, -0.2) is 45.0 Å². The average molecular weight is 1170 g/mol. The Hall–Kier alpha value is -5.51. The van der Waals surface area contributed by atoms with Gasteiger partial charge in [-0.3, -0.25) is 4.79 Å². The zero-order valence-electron chi connectivity index (χ0n) is 37.4. The quantitative estimate of drug-likeness (QED) is 0.0853. The number of halogens is 2. The number of nitriles is 2. The molecule has 12 nitrogen and oxygen atoms in total. The van der Waals surface area contributed by atoms with Crippen LogP contribution < -0.4 is 24.1 Å². The molecule has 0 saturated heterocycles. The van der Waals surface area contributed by atoms with Crippen LogP contribution >= 0.6 is 45.2 Å². The fraction of sp³-hybridized carbons (Fsp3) is 0.235. The number of Topliss-reactive ketones (excluding diaryl/α,β-unsaturated/α-hetero) is 1. The number of methoxy groups -OCH3 is 2. The summed E-state index contributed by atoms with van der Waals surface area (Å²) in [4.78, 5) is 12.1. The van der Waals surface area contributed by atoms with Crippen LogP contribution in [0.4, 0.5) is 0 Å². The van der Waals surface area contributed by atoms with Crippen molar-refractivity contribution in [3.8, 4) is 68.9 Å². The lowest BCUT2D eigenvalue weighted by Gasteiger charge is -2.18. The van der Waals surface area contributed by atoms with Gasteiger partial charge in [-0.1, -0.05) is 122 Å². The second-order valence-electron chi connectivity index (χ2n) is 15.8. The summed E-state index contributed by atoms with van der Waals surface area (Å²) in [6, 6.07) is 39.1. The van der Waals surface area contributed by atoms with Crippen LogP contribution in [0, 0.1) is 41.9 Å². The van der Waals surface area contributed by atoms with E-state index >= 15 is 0 Å². The summed E-state index contributed by atoms with van der Waals surface area (Å²) in [6.45, 7) is 9.04. The number of carbonyl (C=O) groups is 1. The van der Waals surface area contributed by atoms with Gasteiger partial charge in [-0.25, -0.2) is 22.0 Å². The number of rotatable bonds is 13. The third-order valence-electron chi connectivity index (χ3n) is 9.51. The maximum absolute atomic E-state index is 13.2. The number of primary sulfonamides is 1. The lowest BCUT2D eigenvalue weighted by Crippen LogP contribution is -2.22. The number of sulfonamides is 1. The molecule has 352 valence electrons. The van der Waals surface area contributed by atoms with E-state index in [-0.39, 0.29) is 57.5 Å². The summed E-state index contributed by atoms with van der Waals surface area (Å²) >= 11 is 4.55. The molecule has 0 atom stereocenters. The van der Waals surface area contributed by atoms with Crippen LogP contribution in [-0.2, 0) is 24.7 Å². The number of nitrogens with zero attached hydrogens (tertiary/aromatic N) is 2. The van der Waals surface area contributed by atoms with Gasteiger partial charge in [-0.15, -0.1) is 0 Å². The molecule has 6 aromatic carbocycles. The normalized spacial score (nSPS) is 10.9. The van der Waals surface area contributed by atoms with Crippen molar-refractivity contribution in [2.24, 2.45) is 10.6 Å². The Bertz CT molecular complexity index is 2980. The van der Waals surface area contributed by atoms with E-state index in [1.165, 1.54) is 26.7 Å². The van der Waals surface area contributed by atoms with Gasteiger partial charge in [0.05, 0.1) is 39.9 Å². The third kappa shape index (κ3) is 16.4. The first-order valence-corrected chi connectivity index (χ1v) is 26.2. The first-order valence-electron chi connectivity index (χ1n) is 20.0. The van der Waals surface area contributed by atoms with Gasteiger partial charge in [0.15, 0.2) is 9.84 Å². The van der Waals surface area contributed by atoms with E-state index in [4.69, 9.17) is 29.3 Å². The maximum Gasteiger partial charge on any atom is 0.241 e. The number of hydrogen-bond acceptors (Lipinski definition) is 11. The van der Waals surface area contributed by atoms with Crippen LogP contribution in [0.3, 0.4) is 0 Å². The van der Waals surface area contributed by atoms with E-state index in [1.807, 2.05) is 106 Å². The number of carbonyl (C=O) groups excluding carboxylic acids is 1. The fourth-order valence-corrected chi connectivity index (χ4v) is 8.47. The zero-order chi connectivity index (χ0) is 48.8. The smallest absolute Gasteiger partial charge is 0.241 e. The Morgan fingerprint density at radius 3 is 1.36 bits per heavy atom. The van der Waals surface area contributed by atoms with E-state index in [2.05, 4.69) is 45.2 Å². The highest BCUT2D eigenvalue weighted by molar-refractivity contribution is 14.2. The van der Waals surface area contributed by atoms with Crippen LogP contribution in [0.5, 0.6) is 34.5 Å². The first kappa shape index (κ1) is 55.8. The number of aryl methyl sites for hydroxylation is 2. The van der Waals surface area contributed by atoms with Crippen molar-refractivity contribution in [3.63, 3.8) is 0 Å². The number of ether oxygens (including phenoxy) is 4. The van der Waals surface area contributed by atoms with Crippen molar-refractivity contribution in [1.29, 1.82) is 10.5 Å². The summed E-state index contributed by atoms with van der Waals surface area (Å²) in [5, 5.41) is 23.9. The SMILES string of the molecule is C.COc1ccc(-c2cccc(Oc3cc(C)c(C#N)cc3S(=O)(=O)CC(=O)CC(C)(C)C)c2)cc1.COc1ccc(-c2cccc(Oc3cc(C)c(C#N)cc3S(N)(=O)=O)c2)cc1.ICI. The second kappa shape index (κ2) is 25.0. The number of ketones is 1. The zero-order valence-corrected chi connectivity index (χ0v) is 43.3. The minimum absolute atomic E-state index is 0. The van der Waals surface area contributed by atoms with E-state index in [9.17, 15) is 26.9 Å². The Balaban J connectivity index is 0.000000338. The molecule has 0 amide bonds. The highest BCUT2D eigenvalue weighted by Crippen LogP contribution is 2.36. The summed E-state index contributed by atoms with van der Waals surface area (Å²) in [7, 11) is -4.90. The number of hydrogen-bond donors (Lipinski definition) is 1. The minimum atomic E-state index is -4.06. The predicted molar refractivity (Wildman–Crippen MR) is 281 cm³/mol. The van der Waals surface area contributed by atoms with E-state index in [1.54, 1.807) is 52.3 Å². The van der Waals surface area contributed by atoms with Gasteiger partial charge in [0.25, 0.3) is 0 Å². The van der Waals surface area contributed by atoms with Crippen LogP contribution in [0.15, 0.2) is 131 Å². The maximum atomic E-state index is 13.2. The first-order chi connectivity index (χ1) is 31.1. The molecule has 0 aliphatic carbocycles. The molecule has 0 aliphatic heterocycles. The van der Waals surface area contributed by atoms with Crippen molar-refractivity contribution < 1.29 is 40.6 Å². The summed E-state index contributed by atoms with van der Waals surface area (Å²) in [5.41, 5.74) is 4.93. The number of alkyl halides is 2. The number of nitrogens with two attached hydrogens (primary N) is 1. The average Bonchev–Trinajstić information content (AvgIpc) is 3.26. The molecule has 0 fully saturated rings. The Labute approximate surface area is 422 Å². The topological polar surface area (TPSA) is 196 Å². The summed E-state index contributed by atoms with van der Waals surface area (Å²) < 4.78 is 73.8. The van der Waals surface area contributed by atoms with E-state index in [0.717, 1.165) is 33.8 Å².